The smallest absolute Gasteiger partial charge is 0.244 e. The number of carbonyl (C=O) groups excluding carboxylic acids is 2. The number of rotatable bonds is 12. The molecule has 1 atom stereocenters. The van der Waals surface area contributed by atoms with E-state index in [0.29, 0.717) is 16.8 Å². The Morgan fingerprint density at radius 3 is 1.80 bits per heavy atom. The van der Waals surface area contributed by atoms with E-state index >= 15 is 0 Å². The molecule has 0 saturated heterocycles. The Hall–Kier alpha value is -6.81. The summed E-state index contributed by atoms with van der Waals surface area (Å²) in [5.74, 6) is -2.29. The number of nitrogens with one attached hydrogen (secondary N) is 2. The van der Waals surface area contributed by atoms with Gasteiger partial charge in [0.2, 0.25) is 11.8 Å². The fraction of sp³-hybridized carbons (Fsp3) is 0.0976. The summed E-state index contributed by atoms with van der Waals surface area (Å²) in [6.07, 6.45) is 6.33. The maximum atomic E-state index is 13.7. The highest BCUT2D eigenvalue weighted by atomic mass is 16.3. The first-order valence-electron chi connectivity index (χ1n) is 16.2. The first kappa shape index (κ1) is 34.1. The van der Waals surface area contributed by atoms with Crippen LogP contribution in [-0.2, 0) is 28.1 Å². The van der Waals surface area contributed by atoms with Gasteiger partial charge in [-0.25, -0.2) is 4.98 Å². The summed E-state index contributed by atoms with van der Waals surface area (Å²) in [7, 11) is 0. The molecule has 6 N–H and O–H groups in total. The van der Waals surface area contributed by atoms with Crippen molar-refractivity contribution >= 4 is 17.9 Å². The zero-order valence-electron chi connectivity index (χ0n) is 27.4. The van der Waals surface area contributed by atoms with Gasteiger partial charge in [0.1, 0.15) is 11.6 Å². The maximum absolute atomic E-state index is 13.7. The van der Waals surface area contributed by atoms with Gasteiger partial charge in [-0.3, -0.25) is 9.59 Å². The highest BCUT2D eigenvalue weighted by Crippen LogP contribution is 2.40. The van der Waals surface area contributed by atoms with Gasteiger partial charge in [0.25, 0.3) is 0 Å². The molecule has 6 aromatic rings. The van der Waals surface area contributed by atoms with Crippen molar-refractivity contribution in [1.82, 2.24) is 20.2 Å². The highest BCUT2D eigenvalue weighted by Gasteiger charge is 2.38. The Morgan fingerprint density at radius 1 is 0.706 bits per heavy atom. The van der Waals surface area contributed by atoms with Crippen LogP contribution in [0.4, 0.5) is 0 Å². The standard InChI is InChI=1S/C41H36N4O6/c46-35-19-16-28(22-37(35)48)18-21-39(50)44-34(40(51)42-25-29-17-20-36(47)38(49)23-29)24-33-26-45(27-43-33)41(30-10-4-1-5-11-30,31-12-6-2-7-13-31)32-14-8-3-9-15-32/h1-23,26-27,34,46-49H,24-25H2,(H,42,51)(H,44,50)/b21-18+/t34-/m0/s1. The van der Waals surface area contributed by atoms with Crippen molar-refractivity contribution < 1.29 is 30.0 Å². The highest BCUT2D eigenvalue weighted by molar-refractivity contribution is 5.95. The number of hydrogen-bond donors (Lipinski definition) is 6. The molecule has 6 rings (SSSR count). The van der Waals surface area contributed by atoms with Crippen LogP contribution >= 0.6 is 0 Å². The molecular weight excluding hydrogens is 644 g/mol. The second-order valence-electron chi connectivity index (χ2n) is 12.0. The summed E-state index contributed by atoms with van der Waals surface area (Å²) in [6, 6.07) is 37.6. The number of carbonyl (C=O) groups is 2. The number of amides is 2. The van der Waals surface area contributed by atoms with E-state index in [1.165, 1.54) is 42.5 Å². The van der Waals surface area contributed by atoms with Gasteiger partial charge in [-0.15, -0.1) is 0 Å². The predicted molar refractivity (Wildman–Crippen MR) is 193 cm³/mol. The monoisotopic (exact) mass is 680 g/mol. The van der Waals surface area contributed by atoms with E-state index in [-0.39, 0.29) is 36.0 Å². The first-order valence-corrected chi connectivity index (χ1v) is 16.2. The van der Waals surface area contributed by atoms with Crippen molar-refractivity contribution in [3.8, 4) is 23.0 Å². The number of phenolic OH excluding ortho intramolecular Hbond substituents is 4. The van der Waals surface area contributed by atoms with Gasteiger partial charge in [-0.1, -0.05) is 103 Å². The zero-order valence-corrected chi connectivity index (χ0v) is 27.4. The van der Waals surface area contributed by atoms with Gasteiger partial charge in [0.15, 0.2) is 23.0 Å². The van der Waals surface area contributed by atoms with E-state index in [4.69, 9.17) is 4.98 Å². The Labute approximate surface area is 294 Å². The van der Waals surface area contributed by atoms with Crippen molar-refractivity contribution in [1.29, 1.82) is 0 Å². The lowest BCUT2D eigenvalue weighted by Crippen LogP contribution is -2.47. The van der Waals surface area contributed by atoms with Gasteiger partial charge < -0.3 is 35.6 Å². The van der Waals surface area contributed by atoms with Crippen molar-refractivity contribution in [2.45, 2.75) is 24.5 Å². The molecule has 5 aromatic carbocycles. The van der Waals surface area contributed by atoms with Gasteiger partial charge in [-0.2, -0.15) is 0 Å². The van der Waals surface area contributed by atoms with E-state index in [1.54, 1.807) is 12.4 Å². The molecule has 0 bridgehead atoms. The first-order chi connectivity index (χ1) is 24.7. The van der Waals surface area contributed by atoms with Crippen molar-refractivity contribution in [2.75, 3.05) is 0 Å². The molecule has 1 heterocycles. The summed E-state index contributed by atoms with van der Waals surface area (Å²) in [6.45, 7) is 0.0231. The summed E-state index contributed by atoms with van der Waals surface area (Å²) in [5, 5.41) is 44.6. The lowest BCUT2D eigenvalue weighted by atomic mass is 9.77. The number of nitrogens with zero attached hydrogens (tertiary/aromatic N) is 2. The Bertz CT molecular complexity index is 2050. The molecule has 0 aliphatic heterocycles. The number of imidazole rings is 1. The van der Waals surface area contributed by atoms with Crippen LogP contribution in [0.25, 0.3) is 6.08 Å². The van der Waals surface area contributed by atoms with Crippen LogP contribution in [-0.4, -0.2) is 47.8 Å². The number of aromatic nitrogens is 2. The number of benzene rings is 5. The molecule has 256 valence electrons. The largest absolute Gasteiger partial charge is 0.504 e. The molecule has 0 aliphatic carbocycles. The molecule has 0 unspecified atom stereocenters. The fourth-order valence-electron chi connectivity index (χ4n) is 6.08. The van der Waals surface area contributed by atoms with Crippen LogP contribution in [0.5, 0.6) is 23.0 Å². The van der Waals surface area contributed by atoms with Gasteiger partial charge in [0.05, 0.1) is 12.0 Å². The minimum absolute atomic E-state index is 0.0231. The topological polar surface area (TPSA) is 157 Å². The summed E-state index contributed by atoms with van der Waals surface area (Å²) in [5.41, 5.74) is 3.71. The predicted octanol–water partition coefficient (Wildman–Crippen LogP) is 5.60. The summed E-state index contributed by atoms with van der Waals surface area (Å²) < 4.78 is 2.02. The van der Waals surface area contributed by atoms with Crippen LogP contribution in [0, 0.1) is 0 Å². The van der Waals surface area contributed by atoms with E-state index in [9.17, 15) is 30.0 Å². The molecule has 10 heteroatoms. The lowest BCUT2D eigenvalue weighted by molar-refractivity contribution is -0.127. The second kappa shape index (κ2) is 15.2. The van der Waals surface area contributed by atoms with E-state index in [1.807, 2.05) is 65.4 Å². The van der Waals surface area contributed by atoms with Gasteiger partial charge in [-0.05, 0) is 58.2 Å². The minimum Gasteiger partial charge on any atom is -0.504 e. The van der Waals surface area contributed by atoms with Crippen molar-refractivity contribution in [3.63, 3.8) is 0 Å². The van der Waals surface area contributed by atoms with E-state index in [0.717, 1.165) is 16.7 Å². The average Bonchev–Trinajstić information content (AvgIpc) is 3.62. The van der Waals surface area contributed by atoms with Crippen LogP contribution in [0.1, 0.15) is 33.5 Å². The Morgan fingerprint density at radius 2 is 1.25 bits per heavy atom. The lowest BCUT2D eigenvalue weighted by Gasteiger charge is -2.37. The average molecular weight is 681 g/mol. The van der Waals surface area contributed by atoms with Crippen LogP contribution in [0.3, 0.4) is 0 Å². The second-order valence-corrected chi connectivity index (χ2v) is 12.0. The van der Waals surface area contributed by atoms with Crippen LogP contribution in [0.15, 0.2) is 146 Å². The molecule has 1 aromatic heterocycles. The fourth-order valence-corrected chi connectivity index (χ4v) is 6.08. The quantitative estimate of drug-likeness (QED) is 0.0558. The molecule has 0 radical (unpaired) electrons. The normalized spacial score (nSPS) is 12.0. The molecular formula is C41H36N4O6. The molecule has 2 amide bonds. The van der Waals surface area contributed by atoms with E-state index in [2.05, 4.69) is 47.0 Å². The number of aromatic hydroxyl groups is 4. The zero-order chi connectivity index (χ0) is 35.8. The number of phenols is 4. The van der Waals surface area contributed by atoms with Crippen molar-refractivity contribution in [2.24, 2.45) is 0 Å². The summed E-state index contributed by atoms with van der Waals surface area (Å²) >= 11 is 0. The molecule has 51 heavy (non-hydrogen) atoms. The minimum atomic E-state index is -1.07. The Balaban J connectivity index is 1.33. The van der Waals surface area contributed by atoms with E-state index < -0.39 is 23.4 Å². The third-order valence-corrected chi connectivity index (χ3v) is 8.58. The molecule has 0 saturated carbocycles. The molecule has 0 fully saturated rings. The Kier molecular flexibility index (Phi) is 10.1. The molecule has 0 spiro atoms. The molecule has 10 nitrogen and oxygen atoms in total. The van der Waals surface area contributed by atoms with Crippen LogP contribution < -0.4 is 10.6 Å². The van der Waals surface area contributed by atoms with Crippen molar-refractivity contribution in [3.05, 3.63) is 180 Å². The number of hydrogen-bond acceptors (Lipinski definition) is 7. The SMILES string of the molecule is O=C(/C=C/c1ccc(O)c(O)c1)N[C@@H](Cc1cn(C(c2ccccc2)(c2ccccc2)c2ccccc2)cn1)C(=O)NCc1ccc(O)c(O)c1. The van der Waals surface area contributed by atoms with Gasteiger partial charge >= 0.3 is 0 Å². The third-order valence-electron chi connectivity index (χ3n) is 8.58. The van der Waals surface area contributed by atoms with Crippen LogP contribution in [0.2, 0.25) is 0 Å². The third kappa shape index (κ3) is 7.60. The van der Waals surface area contributed by atoms with Gasteiger partial charge in [0, 0.05) is 25.2 Å². The maximum Gasteiger partial charge on any atom is 0.244 e. The summed E-state index contributed by atoms with van der Waals surface area (Å²) in [4.78, 5) is 31.6. The molecule has 0 aliphatic rings.